The number of nitrogens with one attached hydrogen (secondary N) is 1. The first kappa shape index (κ1) is 18.4. The zero-order valence-corrected chi connectivity index (χ0v) is 13.6. The van der Waals surface area contributed by atoms with Crippen molar-refractivity contribution >= 4 is 11.6 Å². The molecule has 0 amide bonds. The highest BCUT2D eigenvalue weighted by Gasteiger charge is 2.12. The summed E-state index contributed by atoms with van der Waals surface area (Å²) in [5, 5.41) is 4.07. The first-order valence-electron chi connectivity index (χ1n) is 7.41. The first-order valence-corrected chi connectivity index (χ1v) is 7.79. The predicted octanol–water partition coefficient (Wildman–Crippen LogP) is 3.44. The van der Waals surface area contributed by atoms with Gasteiger partial charge in [0, 0.05) is 24.8 Å². The van der Waals surface area contributed by atoms with E-state index in [-0.39, 0.29) is 11.9 Å². The van der Waals surface area contributed by atoms with E-state index in [0.717, 1.165) is 24.9 Å². The van der Waals surface area contributed by atoms with Gasteiger partial charge < -0.3 is 14.8 Å². The van der Waals surface area contributed by atoms with Gasteiger partial charge in [-0.1, -0.05) is 18.5 Å². The molecular formula is C16H25ClFNO2. The Bertz CT molecular complexity index is 404. The molecule has 0 heterocycles. The van der Waals surface area contributed by atoms with Crippen molar-refractivity contribution in [3.8, 4) is 0 Å². The molecule has 0 bridgehead atoms. The van der Waals surface area contributed by atoms with Gasteiger partial charge in [-0.3, -0.25) is 0 Å². The highest BCUT2D eigenvalue weighted by atomic mass is 35.5. The van der Waals surface area contributed by atoms with Crippen LogP contribution < -0.4 is 5.32 Å². The van der Waals surface area contributed by atoms with Gasteiger partial charge in [-0.05, 0) is 49.6 Å². The van der Waals surface area contributed by atoms with Crippen LogP contribution in [-0.2, 0) is 15.9 Å². The Morgan fingerprint density at radius 3 is 2.81 bits per heavy atom. The van der Waals surface area contributed by atoms with Crippen LogP contribution in [0, 0.1) is 5.82 Å². The number of hydrogen-bond acceptors (Lipinski definition) is 3. The lowest BCUT2D eigenvalue weighted by Crippen LogP contribution is -2.33. The largest absolute Gasteiger partial charge is 0.382 e. The van der Waals surface area contributed by atoms with E-state index in [9.17, 15) is 4.39 Å². The summed E-state index contributed by atoms with van der Waals surface area (Å²) in [5.74, 6) is -0.250. The predicted molar refractivity (Wildman–Crippen MR) is 84.5 cm³/mol. The van der Waals surface area contributed by atoms with Gasteiger partial charge in [-0.25, -0.2) is 4.39 Å². The molecule has 0 aliphatic carbocycles. The molecule has 0 radical (unpaired) electrons. The van der Waals surface area contributed by atoms with Gasteiger partial charge in [-0.15, -0.1) is 0 Å². The Labute approximate surface area is 131 Å². The summed E-state index contributed by atoms with van der Waals surface area (Å²) < 4.78 is 23.8. The maximum atomic E-state index is 13.3. The fraction of sp³-hybridized carbons (Fsp3) is 0.625. The lowest BCUT2D eigenvalue weighted by Gasteiger charge is -2.19. The fourth-order valence-electron chi connectivity index (χ4n) is 2.06. The smallest absolute Gasteiger partial charge is 0.123 e. The van der Waals surface area contributed by atoms with Crippen LogP contribution in [0.3, 0.4) is 0 Å². The molecule has 5 heteroatoms. The Balaban J connectivity index is 2.50. The highest BCUT2D eigenvalue weighted by Crippen LogP contribution is 2.19. The zero-order chi connectivity index (χ0) is 15.5. The molecule has 0 spiro atoms. The minimum Gasteiger partial charge on any atom is -0.382 e. The molecule has 0 aliphatic rings. The minimum absolute atomic E-state index is 0.229. The molecule has 1 aromatic carbocycles. The highest BCUT2D eigenvalue weighted by molar-refractivity contribution is 6.31. The van der Waals surface area contributed by atoms with Crippen molar-refractivity contribution in [2.75, 3.05) is 33.5 Å². The van der Waals surface area contributed by atoms with E-state index >= 15 is 0 Å². The number of rotatable bonds is 11. The van der Waals surface area contributed by atoms with Crippen LogP contribution in [0.5, 0.6) is 0 Å². The molecule has 21 heavy (non-hydrogen) atoms. The molecule has 1 atom stereocenters. The normalized spacial score (nSPS) is 12.6. The molecule has 1 unspecified atom stereocenters. The number of methoxy groups -OCH3 is 1. The van der Waals surface area contributed by atoms with E-state index < -0.39 is 0 Å². The van der Waals surface area contributed by atoms with E-state index in [1.165, 1.54) is 12.1 Å². The summed E-state index contributed by atoms with van der Waals surface area (Å²) in [6.45, 7) is 4.89. The maximum Gasteiger partial charge on any atom is 0.123 e. The van der Waals surface area contributed by atoms with Gasteiger partial charge in [0.05, 0.1) is 13.2 Å². The van der Waals surface area contributed by atoms with Crippen molar-refractivity contribution < 1.29 is 13.9 Å². The second-order valence-electron chi connectivity index (χ2n) is 4.98. The Morgan fingerprint density at radius 1 is 1.29 bits per heavy atom. The first-order chi connectivity index (χ1) is 10.2. The fourth-order valence-corrected chi connectivity index (χ4v) is 2.25. The Morgan fingerprint density at radius 2 is 2.10 bits per heavy atom. The Kier molecular flexibility index (Phi) is 9.59. The van der Waals surface area contributed by atoms with Crippen LogP contribution in [0.15, 0.2) is 18.2 Å². The van der Waals surface area contributed by atoms with Crippen molar-refractivity contribution in [3.63, 3.8) is 0 Å². The van der Waals surface area contributed by atoms with E-state index in [2.05, 4.69) is 12.2 Å². The van der Waals surface area contributed by atoms with Crippen molar-refractivity contribution in [2.45, 2.75) is 32.2 Å². The number of hydrogen-bond donors (Lipinski definition) is 1. The minimum atomic E-state index is -0.250. The molecule has 1 aromatic rings. The maximum absolute atomic E-state index is 13.3. The monoisotopic (exact) mass is 317 g/mol. The molecular weight excluding hydrogens is 293 g/mol. The van der Waals surface area contributed by atoms with Crippen molar-refractivity contribution in [1.82, 2.24) is 5.32 Å². The standard InChI is InChI=1S/C16H25ClFNO2/c1-3-7-19-15(6-8-21-10-9-20-2)12-13-11-14(18)4-5-16(13)17/h4-5,11,15,19H,3,6-10,12H2,1-2H3. The van der Waals surface area contributed by atoms with Crippen LogP contribution in [0.4, 0.5) is 4.39 Å². The molecule has 1 N–H and O–H groups in total. The second-order valence-corrected chi connectivity index (χ2v) is 5.39. The third kappa shape index (κ3) is 7.77. The molecule has 120 valence electrons. The lowest BCUT2D eigenvalue weighted by molar-refractivity contribution is 0.0658. The van der Waals surface area contributed by atoms with E-state index in [1.807, 2.05) is 0 Å². The van der Waals surface area contributed by atoms with Crippen molar-refractivity contribution in [1.29, 1.82) is 0 Å². The second kappa shape index (κ2) is 11.0. The third-order valence-electron chi connectivity index (χ3n) is 3.20. The van der Waals surface area contributed by atoms with Crippen molar-refractivity contribution in [2.24, 2.45) is 0 Å². The van der Waals surface area contributed by atoms with Crippen molar-refractivity contribution in [3.05, 3.63) is 34.6 Å². The molecule has 0 fully saturated rings. The van der Waals surface area contributed by atoms with Gasteiger partial charge in [0.1, 0.15) is 5.82 Å². The molecule has 0 aliphatic heterocycles. The summed E-state index contributed by atoms with van der Waals surface area (Å²) in [6, 6.07) is 4.73. The molecule has 3 nitrogen and oxygen atoms in total. The summed E-state index contributed by atoms with van der Waals surface area (Å²) >= 11 is 6.13. The van der Waals surface area contributed by atoms with Crippen LogP contribution in [0.25, 0.3) is 0 Å². The number of ether oxygens (including phenoxy) is 2. The third-order valence-corrected chi connectivity index (χ3v) is 3.57. The summed E-state index contributed by atoms with van der Waals surface area (Å²) in [4.78, 5) is 0. The zero-order valence-electron chi connectivity index (χ0n) is 12.8. The summed E-state index contributed by atoms with van der Waals surface area (Å²) in [5.41, 5.74) is 0.835. The van der Waals surface area contributed by atoms with E-state index in [4.69, 9.17) is 21.1 Å². The summed E-state index contributed by atoms with van der Waals surface area (Å²) in [7, 11) is 1.65. The van der Waals surface area contributed by atoms with Gasteiger partial charge in [0.25, 0.3) is 0 Å². The lowest BCUT2D eigenvalue weighted by atomic mass is 10.0. The van der Waals surface area contributed by atoms with Gasteiger partial charge >= 0.3 is 0 Å². The van der Waals surface area contributed by atoms with Gasteiger partial charge in [0.2, 0.25) is 0 Å². The van der Waals surface area contributed by atoms with Gasteiger partial charge in [0.15, 0.2) is 0 Å². The molecule has 0 aromatic heterocycles. The number of halogens is 2. The topological polar surface area (TPSA) is 30.5 Å². The SMILES string of the molecule is CCCNC(CCOCCOC)Cc1cc(F)ccc1Cl. The summed E-state index contributed by atoms with van der Waals surface area (Å²) in [6.07, 6.45) is 2.61. The van der Waals surface area contributed by atoms with E-state index in [1.54, 1.807) is 13.2 Å². The average Bonchev–Trinajstić information content (AvgIpc) is 2.47. The van der Waals surface area contributed by atoms with Crippen LogP contribution >= 0.6 is 11.6 Å². The van der Waals surface area contributed by atoms with Crippen LogP contribution in [0.1, 0.15) is 25.3 Å². The van der Waals surface area contributed by atoms with E-state index in [0.29, 0.717) is 31.3 Å². The molecule has 0 saturated carbocycles. The van der Waals surface area contributed by atoms with Crippen LogP contribution in [-0.4, -0.2) is 39.5 Å². The Hall–Kier alpha value is -0.680. The van der Waals surface area contributed by atoms with Crippen LogP contribution in [0.2, 0.25) is 5.02 Å². The number of benzene rings is 1. The van der Waals surface area contributed by atoms with Gasteiger partial charge in [-0.2, -0.15) is 0 Å². The quantitative estimate of drug-likeness (QED) is 0.634. The molecule has 1 rings (SSSR count). The molecule has 0 saturated heterocycles. The average molecular weight is 318 g/mol.